The van der Waals surface area contributed by atoms with Crippen molar-refractivity contribution in [1.29, 1.82) is 0 Å². The molecule has 0 aliphatic rings. The first-order valence-corrected chi connectivity index (χ1v) is 28.5. The molecule has 0 saturated carbocycles. The third-order valence-electron chi connectivity index (χ3n) is 11.1. The molecule has 16 N–H and O–H groups in total. The SMILES string of the molecule is CN(CCS(=O)(=O)O)c1nc(Nc2ccc(C=Cc3ccc(Nc4nc(N(C)CCS(=O)(=O)O)nc(N(C)CC(O)C(O)C(O)C(O)CO)n4)cc3S(=O)(=O)O)c(S(=O)(=O)O)c2)nc(N(C)CC(O)C(O)C(O)C(O)CO)n1. The van der Waals surface area contributed by atoms with Crippen molar-refractivity contribution in [2.45, 2.75) is 58.6 Å². The Hall–Kier alpha value is -5.76. The van der Waals surface area contributed by atoms with Gasteiger partial charge in [0.05, 0.1) is 24.7 Å². The van der Waals surface area contributed by atoms with E-state index >= 15 is 0 Å². The van der Waals surface area contributed by atoms with E-state index in [1.165, 1.54) is 40.3 Å². The number of benzene rings is 2. The molecule has 78 heavy (non-hydrogen) atoms. The fourth-order valence-corrected chi connectivity index (χ4v) is 9.09. The summed E-state index contributed by atoms with van der Waals surface area (Å²) in [5, 5.41) is 105. The summed E-state index contributed by atoms with van der Waals surface area (Å²) in [4.78, 5) is 28.2. The average molecular weight is 1190 g/mol. The lowest BCUT2D eigenvalue weighted by Crippen LogP contribution is -2.49. The van der Waals surface area contributed by atoms with Crippen molar-refractivity contribution in [3.05, 3.63) is 47.5 Å². The van der Waals surface area contributed by atoms with Gasteiger partial charge in [-0.1, -0.05) is 24.3 Å². The number of hydrogen-bond donors (Lipinski definition) is 16. The first kappa shape index (κ1) is 64.8. The zero-order chi connectivity index (χ0) is 58.8. The van der Waals surface area contributed by atoms with E-state index in [1.54, 1.807) is 0 Å². The van der Waals surface area contributed by atoms with Crippen LogP contribution >= 0.6 is 0 Å². The molecule has 2 aromatic carbocycles. The molecule has 436 valence electrons. The van der Waals surface area contributed by atoms with Crippen molar-refractivity contribution < 1.29 is 103 Å². The third kappa shape index (κ3) is 19.0. The molecule has 0 saturated heterocycles. The lowest BCUT2D eigenvalue weighted by Gasteiger charge is -2.29. The molecule has 4 rings (SSSR count). The van der Waals surface area contributed by atoms with Gasteiger partial charge < -0.3 is 81.3 Å². The molecular weight excluding hydrogens is 1130 g/mol. The molecule has 0 spiro atoms. The number of aromatic nitrogens is 6. The summed E-state index contributed by atoms with van der Waals surface area (Å²) in [6.07, 6.45) is -13.1. The van der Waals surface area contributed by atoms with Crippen molar-refractivity contribution in [1.82, 2.24) is 29.9 Å². The minimum atomic E-state index is -5.13. The molecule has 8 atom stereocenters. The Morgan fingerprint density at radius 3 is 1.04 bits per heavy atom. The van der Waals surface area contributed by atoms with Crippen molar-refractivity contribution in [3.63, 3.8) is 0 Å². The molecule has 0 amide bonds. The van der Waals surface area contributed by atoms with Crippen molar-refractivity contribution in [2.75, 3.05) is 109 Å². The summed E-state index contributed by atoms with van der Waals surface area (Å²) in [6, 6.07) is 6.58. The van der Waals surface area contributed by atoms with E-state index in [0.29, 0.717) is 0 Å². The van der Waals surface area contributed by atoms with Crippen LogP contribution in [0.2, 0.25) is 0 Å². The van der Waals surface area contributed by atoms with E-state index in [-0.39, 0.29) is 71.3 Å². The number of likely N-dealkylation sites (N-methyl/N-ethyl adjacent to an activating group) is 2. The smallest absolute Gasteiger partial charge is 0.295 e. The first-order valence-electron chi connectivity index (χ1n) is 22.4. The topological polar surface area (TPSA) is 534 Å². The zero-order valence-corrected chi connectivity index (χ0v) is 44.8. The molecule has 2 aromatic heterocycles. The van der Waals surface area contributed by atoms with Crippen LogP contribution in [0.3, 0.4) is 0 Å². The molecule has 38 heteroatoms. The second-order valence-corrected chi connectivity index (χ2v) is 23.3. The summed E-state index contributed by atoms with van der Waals surface area (Å²) in [5.41, 5.74) is -0.803. The largest absolute Gasteiger partial charge is 0.394 e. The molecular formula is C40H60N12O22S4. The first-order chi connectivity index (χ1) is 36.0. The number of nitrogens with one attached hydrogen (secondary N) is 2. The van der Waals surface area contributed by atoms with Gasteiger partial charge in [0, 0.05) is 65.7 Å². The lowest BCUT2D eigenvalue weighted by atomic mass is 10.0. The fourth-order valence-electron chi connectivity index (χ4n) is 6.66. The summed E-state index contributed by atoms with van der Waals surface area (Å²) >= 11 is 0. The Labute approximate surface area is 446 Å². The van der Waals surface area contributed by atoms with Gasteiger partial charge in [0.2, 0.25) is 35.7 Å². The van der Waals surface area contributed by atoms with Crippen molar-refractivity contribution in [2.24, 2.45) is 0 Å². The van der Waals surface area contributed by atoms with Crippen LogP contribution in [-0.2, 0) is 40.5 Å². The van der Waals surface area contributed by atoms with Crippen LogP contribution in [-0.4, -0.2) is 261 Å². The molecule has 8 unspecified atom stereocenters. The van der Waals surface area contributed by atoms with Crippen LogP contribution < -0.4 is 30.2 Å². The maximum absolute atomic E-state index is 12.8. The molecule has 2 heterocycles. The highest BCUT2D eigenvalue weighted by Crippen LogP contribution is 2.29. The van der Waals surface area contributed by atoms with Gasteiger partial charge in [0.15, 0.2) is 0 Å². The second kappa shape index (κ2) is 26.9. The fraction of sp³-hybridized carbons (Fsp3) is 0.500. The lowest BCUT2D eigenvalue weighted by molar-refractivity contribution is -0.112. The van der Waals surface area contributed by atoms with Crippen LogP contribution in [0.25, 0.3) is 12.2 Å². The summed E-state index contributed by atoms with van der Waals surface area (Å²) in [7, 11) is -14.0. The van der Waals surface area contributed by atoms with E-state index in [4.69, 9.17) is 10.2 Å². The maximum Gasteiger partial charge on any atom is 0.295 e. The maximum atomic E-state index is 12.8. The number of hydrogen-bond acceptors (Lipinski definition) is 30. The minimum Gasteiger partial charge on any atom is -0.394 e. The van der Waals surface area contributed by atoms with Gasteiger partial charge in [-0.2, -0.15) is 63.6 Å². The Bertz CT molecular complexity index is 2980. The van der Waals surface area contributed by atoms with Crippen LogP contribution in [0.15, 0.2) is 46.2 Å². The molecule has 0 fully saturated rings. The van der Waals surface area contributed by atoms with E-state index < -0.39 is 137 Å². The summed E-state index contributed by atoms with van der Waals surface area (Å²) in [6.45, 7) is -3.77. The minimum absolute atomic E-state index is 0.136. The number of anilines is 8. The van der Waals surface area contributed by atoms with Gasteiger partial charge in [-0.15, -0.1) is 0 Å². The van der Waals surface area contributed by atoms with Gasteiger partial charge in [-0.3, -0.25) is 18.2 Å². The van der Waals surface area contributed by atoms with E-state index in [9.17, 15) is 92.7 Å². The number of rotatable bonds is 30. The Kier molecular flexibility index (Phi) is 22.4. The number of nitrogens with zero attached hydrogens (tertiary/aromatic N) is 10. The van der Waals surface area contributed by atoms with Gasteiger partial charge in [-0.25, -0.2) is 0 Å². The highest BCUT2D eigenvalue weighted by Gasteiger charge is 2.33. The molecule has 0 aliphatic carbocycles. The Morgan fingerprint density at radius 1 is 0.462 bits per heavy atom. The monoisotopic (exact) mass is 1190 g/mol. The van der Waals surface area contributed by atoms with Crippen molar-refractivity contribution in [3.8, 4) is 0 Å². The van der Waals surface area contributed by atoms with Crippen molar-refractivity contribution >= 4 is 99.7 Å². The van der Waals surface area contributed by atoms with Gasteiger partial charge in [0.25, 0.3) is 40.5 Å². The number of aliphatic hydroxyl groups is 10. The number of aliphatic hydroxyl groups excluding tert-OH is 10. The predicted molar refractivity (Wildman–Crippen MR) is 276 cm³/mol. The normalized spacial score (nSPS) is 15.7. The quantitative estimate of drug-likeness (QED) is 0.0171. The van der Waals surface area contributed by atoms with Gasteiger partial charge in [-0.05, 0) is 35.4 Å². The average Bonchev–Trinajstić information content (AvgIpc) is 3.36. The molecule has 4 aromatic rings. The highest BCUT2D eigenvalue weighted by atomic mass is 32.2. The zero-order valence-electron chi connectivity index (χ0n) is 41.5. The summed E-state index contributed by atoms with van der Waals surface area (Å²) < 4.78 is 137. The Morgan fingerprint density at radius 2 is 0.756 bits per heavy atom. The van der Waals surface area contributed by atoms with Gasteiger partial charge >= 0.3 is 0 Å². The molecule has 0 bridgehead atoms. The second-order valence-electron chi connectivity index (χ2n) is 17.3. The van der Waals surface area contributed by atoms with Crippen LogP contribution in [0.5, 0.6) is 0 Å². The molecule has 0 radical (unpaired) electrons. The van der Waals surface area contributed by atoms with Crippen LogP contribution in [0.1, 0.15) is 11.1 Å². The third-order valence-corrected chi connectivity index (χ3v) is 14.3. The highest BCUT2D eigenvalue weighted by molar-refractivity contribution is 7.86. The van der Waals surface area contributed by atoms with E-state index in [0.717, 1.165) is 56.0 Å². The standard InChI is InChI=1S/C40H60N12O22S4/c1-49(11-13-75(63,64)65)37-43-35(45-39(47-37)51(3)17-25(55)31(59)33(61)27(57)19-53)41-23-9-7-21(29(15-23)77(69,70)71)5-6-22-8-10-24(16-30(22)78(72,73)74)42-36-44-38(50(2)12-14-76(66,67)68)48-40(46-36)52(4)18-26(56)32(60)34(62)28(58)20-54/h5-10,15-16,25-28,31-34,53-62H,11-14,17-20H2,1-4H3,(H,63,64,65)(H,66,67,68)(H,69,70,71)(H,72,73,74)(H,41,43,45,47)(H,42,44,46,48). The van der Waals surface area contributed by atoms with E-state index in [1.807, 2.05) is 0 Å². The van der Waals surface area contributed by atoms with Gasteiger partial charge in [0.1, 0.15) is 58.6 Å². The Balaban J connectivity index is 1.71. The summed E-state index contributed by atoms with van der Waals surface area (Å²) in [5.74, 6) is -3.47. The van der Waals surface area contributed by atoms with Crippen LogP contribution in [0, 0.1) is 0 Å². The van der Waals surface area contributed by atoms with Crippen LogP contribution in [0.4, 0.5) is 47.1 Å². The molecule has 34 nitrogen and oxygen atoms in total. The molecule has 0 aliphatic heterocycles. The van der Waals surface area contributed by atoms with E-state index in [2.05, 4.69) is 40.5 Å². The predicted octanol–water partition coefficient (Wildman–Crippen LogP) is -5.40.